The van der Waals surface area contributed by atoms with Crippen molar-refractivity contribution in [2.75, 3.05) is 11.6 Å². The molecule has 2 unspecified atom stereocenters. The maximum Gasteiger partial charge on any atom is 0.400 e. The molecule has 154 valence electrons. The van der Waals surface area contributed by atoms with E-state index in [9.17, 15) is 18.0 Å². The number of hydrogen-bond donors (Lipinski definition) is 0. The molecule has 3 rings (SSSR count). The molecule has 0 amide bonds. The van der Waals surface area contributed by atoms with Gasteiger partial charge in [0, 0.05) is 10.0 Å². The lowest BCUT2D eigenvalue weighted by Crippen LogP contribution is -2.39. The molecule has 0 bridgehead atoms. The molecule has 0 fully saturated rings. The molecule has 0 spiro atoms. The standard InChI is InChI=1S/C19H14Cl3F3N2O2/c1-2-29-18(28)16-15(19(23,24)25)17(10-3-5-11(20)6-4-10)27(26-16)14-8-7-12(21)9-13(14)22/h3-9,15,17H,2H2,1H3. The van der Waals surface area contributed by atoms with E-state index in [2.05, 4.69) is 5.10 Å². The Kier molecular flexibility index (Phi) is 6.31. The number of benzene rings is 2. The second kappa shape index (κ2) is 8.42. The summed E-state index contributed by atoms with van der Waals surface area (Å²) in [5, 5.41) is 5.82. The zero-order chi connectivity index (χ0) is 21.3. The number of alkyl halides is 3. The SMILES string of the molecule is CCOC(=O)C1=NN(c2ccc(Cl)cc2Cl)C(c2ccc(Cl)cc2)C1C(F)(F)F. The zero-order valence-electron chi connectivity index (χ0n) is 14.9. The summed E-state index contributed by atoms with van der Waals surface area (Å²) < 4.78 is 47.1. The van der Waals surface area contributed by atoms with Crippen molar-refractivity contribution >= 4 is 52.2 Å². The Morgan fingerprint density at radius 1 is 1.10 bits per heavy atom. The van der Waals surface area contributed by atoms with Crippen LogP contribution in [0.2, 0.25) is 15.1 Å². The summed E-state index contributed by atoms with van der Waals surface area (Å²) in [7, 11) is 0. The Labute approximate surface area is 179 Å². The summed E-state index contributed by atoms with van der Waals surface area (Å²) in [5.74, 6) is -3.36. The number of hydrogen-bond acceptors (Lipinski definition) is 4. The lowest BCUT2D eigenvalue weighted by molar-refractivity contribution is -0.162. The van der Waals surface area contributed by atoms with Gasteiger partial charge in [0.05, 0.1) is 23.4 Å². The minimum Gasteiger partial charge on any atom is -0.461 e. The second-order valence-electron chi connectivity index (χ2n) is 6.16. The molecule has 0 aliphatic carbocycles. The van der Waals surface area contributed by atoms with Crippen molar-refractivity contribution in [1.29, 1.82) is 0 Å². The molecular formula is C19H14Cl3F3N2O2. The predicted octanol–water partition coefficient (Wildman–Crippen LogP) is 6.31. The number of anilines is 1. The minimum atomic E-state index is -4.77. The normalized spacial score (nSPS) is 19.3. The average Bonchev–Trinajstić information content (AvgIpc) is 3.03. The van der Waals surface area contributed by atoms with Crippen molar-refractivity contribution in [2.45, 2.75) is 19.1 Å². The maximum absolute atomic E-state index is 14.1. The van der Waals surface area contributed by atoms with Crippen LogP contribution in [0.15, 0.2) is 47.6 Å². The Morgan fingerprint density at radius 2 is 1.72 bits per heavy atom. The molecule has 2 aromatic rings. The molecule has 2 atom stereocenters. The third-order valence-corrected chi connectivity index (χ3v) is 5.08. The molecule has 0 radical (unpaired) electrons. The van der Waals surface area contributed by atoms with Gasteiger partial charge in [-0.1, -0.05) is 46.9 Å². The van der Waals surface area contributed by atoms with Gasteiger partial charge in [-0.05, 0) is 42.8 Å². The van der Waals surface area contributed by atoms with Gasteiger partial charge in [0.15, 0.2) is 5.71 Å². The molecule has 10 heteroatoms. The van der Waals surface area contributed by atoms with E-state index in [1.165, 1.54) is 49.4 Å². The third-order valence-electron chi connectivity index (χ3n) is 4.29. The first-order valence-electron chi connectivity index (χ1n) is 8.45. The Bertz CT molecular complexity index is 949. The monoisotopic (exact) mass is 464 g/mol. The van der Waals surface area contributed by atoms with Crippen LogP contribution in [0.3, 0.4) is 0 Å². The fraction of sp³-hybridized carbons (Fsp3) is 0.263. The number of esters is 1. The summed E-state index contributed by atoms with van der Waals surface area (Å²) in [6.07, 6.45) is -4.77. The molecule has 4 nitrogen and oxygen atoms in total. The van der Waals surface area contributed by atoms with Gasteiger partial charge in [0.1, 0.15) is 5.92 Å². The van der Waals surface area contributed by atoms with Crippen LogP contribution in [0.4, 0.5) is 18.9 Å². The lowest BCUT2D eigenvalue weighted by Gasteiger charge is -2.30. The molecular weight excluding hydrogens is 452 g/mol. The van der Waals surface area contributed by atoms with E-state index in [4.69, 9.17) is 39.5 Å². The molecule has 0 aromatic heterocycles. The van der Waals surface area contributed by atoms with Gasteiger partial charge in [-0.25, -0.2) is 4.79 Å². The molecule has 0 saturated carbocycles. The molecule has 1 aliphatic rings. The fourth-order valence-corrected chi connectivity index (χ4v) is 3.72. The molecule has 0 saturated heterocycles. The van der Waals surface area contributed by atoms with Gasteiger partial charge in [-0.3, -0.25) is 5.01 Å². The van der Waals surface area contributed by atoms with Crippen LogP contribution in [0.1, 0.15) is 18.5 Å². The molecule has 0 N–H and O–H groups in total. The first kappa shape index (κ1) is 21.7. The fourth-order valence-electron chi connectivity index (χ4n) is 3.10. The predicted molar refractivity (Wildman–Crippen MR) is 107 cm³/mol. The van der Waals surface area contributed by atoms with Crippen LogP contribution in [0, 0.1) is 5.92 Å². The van der Waals surface area contributed by atoms with Crippen LogP contribution in [0.5, 0.6) is 0 Å². The number of ether oxygens (including phenoxy) is 1. The van der Waals surface area contributed by atoms with E-state index in [1.54, 1.807) is 0 Å². The first-order chi connectivity index (χ1) is 13.6. The van der Waals surface area contributed by atoms with Crippen molar-refractivity contribution in [1.82, 2.24) is 0 Å². The van der Waals surface area contributed by atoms with E-state index in [-0.39, 0.29) is 22.9 Å². The van der Waals surface area contributed by atoms with Crippen molar-refractivity contribution < 1.29 is 22.7 Å². The summed E-state index contributed by atoms with van der Waals surface area (Å²) in [5.41, 5.74) is -0.319. The second-order valence-corrected chi connectivity index (χ2v) is 7.44. The number of halogens is 6. The number of carbonyl (C=O) groups is 1. The summed E-state index contributed by atoms with van der Waals surface area (Å²) in [4.78, 5) is 12.3. The highest BCUT2D eigenvalue weighted by atomic mass is 35.5. The molecule has 29 heavy (non-hydrogen) atoms. The van der Waals surface area contributed by atoms with E-state index < -0.39 is 29.8 Å². The maximum atomic E-state index is 14.1. The molecule has 1 aliphatic heterocycles. The molecule has 1 heterocycles. The van der Waals surface area contributed by atoms with Crippen LogP contribution in [-0.4, -0.2) is 24.5 Å². The number of nitrogens with zero attached hydrogens (tertiary/aromatic N) is 2. The largest absolute Gasteiger partial charge is 0.461 e. The van der Waals surface area contributed by atoms with Gasteiger partial charge >= 0.3 is 12.1 Å². The van der Waals surface area contributed by atoms with E-state index in [1.807, 2.05) is 0 Å². The van der Waals surface area contributed by atoms with Crippen molar-refractivity contribution in [3.8, 4) is 0 Å². The smallest absolute Gasteiger partial charge is 0.400 e. The quantitative estimate of drug-likeness (QED) is 0.497. The lowest BCUT2D eigenvalue weighted by atomic mass is 9.89. The van der Waals surface area contributed by atoms with Crippen molar-refractivity contribution in [2.24, 2.45) is 11.0 Å². The van der Waals surface area contributed by atoms with Gasteiger partial charge in [0.2, 0.25) is 0 Å². The van der Waals surface area contributed by atoms with Crippen molar-refractivity contribution in [3.63, 3.8) is 0 Å². The Balaban J connectivity index is 2.20. The Morgan fingerprint density at radius 3 is 2.28 bits per heavy atom. The number of hydrazone groups is 1. The summed E-state index contributed by atoms with van der Waals surface area (Å²) in [6.45, 7) is 1.41. The average molecular weight is 466 g/mol. The topological polar surface area (TPSA) is 41.9 Å². The third kappa shape index (κ3) is 4.47. The first-order valence-corrected chi connectivity index (χ1v) is 9.59. The van der Waals surface area contributed by atoms with Crippen molar-refractivity contribution in [3.05, 3.63) is 63.1 Å². The number of carbonyl (C=O) groups excluding carboxylic acids is 1. The summed E-state index contributed by atoms with van der Waals surface area (Å²) in [6, 6.07) is 8.75. The van der Waals surface area contributed by atoms with Crippen LogP contribution in [0.25, 0.3) is 0 Å². The van der Waals surface area contributed by atoms with Crippen LogP contribution >= 0.6 is 34.8 Å². The van der Waals surface area contributed by atoms with Gasteiger partial charge in [0.25, 0.3) is 0 Å². The van der Waals surface area contributed by atoms with Gasteiger partial charge in [-0.2, -0.15) is 18.3 Å². The van der Waals surface area contributed by atoms with Gasteiger partial charge in [-0.15, -0.1) is 0 Å². The zero-order valence-corrected chi connectivity index (χ0v) is 17.1. The van der Waals surface area contributed by atoms with Crippen LogP contribution in [-0.2, 0) is 9.53 Å². The molecule has 2 aromatic carbocycles. The summed E-state index contributed by atoms with van der Waals surface area (Å²) >= 11 is 18.0. The van der Waals surface area contributed by atoms with E-state index >= 15 is 0 Å². The number of rotatable bonds is 4. The van der Waals surface area contributed by atoms with Crippen LogP contribution < -0.4 is 5.01 Å². The minimum absolute atomic E-state index is 0.0876. The van der Waals surface area contributed by atoms with Gasteiger partial charge < -0.3 is 4.74 Å². The Hall–Kier alpha value is -1.96. The highest BCUT2D eigenvalue weighted by Crippen LogP contribution is 2.48. The highest BCUT2D eigenvalue weighted by molar-refractivity contribution is 6.39. The van der Waals surface area contributed by atoms with E-state index in [0.29, 0.717) is 10.0 Å². The van der Waals surface area contributed by atoms with E-state index in [0.717, 1.165) is 5.01 Å². The highest BCUT2D eigenvalue weighted by Gasteiger charge is 2.57.